The van der Waals surface area contributed by atoms with Gasteiger partial charge in [-0.2, -0.15) is 0 Å². The summed E-state index contributed by atoms with van der Waals surface area (Å²) >= 11 is 0. The van der Waals surface area contributed by atoms with Gasteiger partial charge in [0.25, 0.3) is 0 Å². The molecule has 0 bridgehead atoms. The molecule has 1 nitrogen and oxygen atoms in total. The molecule has 3 aromatic rings. The predicted molar refractivity (Wildman–Crippen MR) is 113 cm³/mol. The van der Waals surface area contributed by atoms with E-state index in [1.54, 1.807) is 6.08 Å². The average Bonchev–Trinajstić information content (AvgIpc) is 2.70. The molecule has 0 unspecified atom stereocenters. The molecular formula is C25H27FO. The van der Waals surface area contributed by atoms with Gasteiger partial charge in [0.15, 0.2) is 0 Å². The zero-order valence-electron chi connectivity index (χ0n) is 16.0. The highest BCUT2D eigenvalue weighted by molar-refractivity contribution is 5.88. The maximum Gasteiger partial charge on any atom is 0.138 e. The van der Waals surface area contributed by atoms with Crippen molar-refractivity contribution in [3.63, 3.8) is 0 Å². The zero-order chi connectivity index (χ0) is 19.1. The molecule has 0 aliphatic rings. The van der Waals surface area contributed by atoms with Crippen molar-refractivity contribution in [2.45, 2.75) is 39.0 Å². The maximum absolute atomic E-state index is 15.1. The van der Waals surface area contributed by atoms with Gasteiger partial charge in [0.1, 0.15) is 18.2 Å². The fourth-order valence-electron chi connectivity index (χ4n) is 3.36. The molecule has 0 atom stereocenters. The minimum absolute atomic E-state index is 0.162. The molecule has 0 aliphatic heterocycles. The standard InChI is InChI=1S/C25H27FO/c1-3-5-6-7-8-19-9-15-24-21(18-19)12-16-23(25(24)26)20-10-13-22(14-11-20)27-17-4-2/h4,9-16,18H,2-3,5-8,17H2,1H3. The Balaban J connectivity index is 1.81. The molecule has 0 saturated carbocycles. The molecule has 0 heterocycles. The fraction of sp³-hybridized carbons (Fsp3) is 0.280. The minimum Gasteiger partial charge on any atom is -0.490 e. The first-order chi connectivity index (χ1) is 13.2. The van der Waals surface area contributed by atoms with E-state index in [-0.39, 0.29) is 5.82 Å². The molecular weight excluding hydrogens is 335 g/mol. The monoisotopic (exact) mass is 362 g/mol. The van der Waals surface area contributed by atoms with Crippen LogP contribution in [0.2, 0.25) is 0 Å². The smallest absolute Gasteiger partial charge is 0.138 e. The number of aryl methyl sites for hydroxylation is 1. The van der Waals surface area contributed by atoms with Crippen molar-refractivity contribution in [1.29, 1.82) is 0 Å². The molecule has 0 aliphatic carbocycles. The summed E-state index contributed by atoms with van der Waals surface area (Å²) in [6.07, 6.45) is 7.74. The first kappa shape index (κ1) is 19.2. The van der Waals surface area contributed by atoms with E-state index in [0.29, 0.717) is 17.6 Å². The SMILES string of the molecule is C=CCOc1ccc(-c2ccc3cc(CCCCCC)ccc3c2F)cc1. The minimum atomic E-state index is -0.162. The van der Waals surface area contributed by atoms with Gasteiger partial charge in [-0.15, -0.1) is 0 Å². The highest BCUT2D eigenvalue weighted by Crippen LogP contribution is 2.31. The summed E-state index contributed by atoms with van der Waals surface area (Å²) in [7, 11) is 0. The molecule has 140 valence electrons. The van der Waals surface area contributed by atoms with Crippen LogP contribution in [0.1, 0.15) is 38.2 Å². The zero-order valence-corrected chi connectivity index (χ0v) is 16.0. The number of hydrogen-bond acceptors (Lipinski definition) is 1. The van der Waals surface area contributed by atoms with Gasteiger partial charge in [-0.3, -0.25) is 0 Å². The third kappa shape index (κ3) is 4.77. The number of benzene rings is 3. The van der Waals surface area contributed by atoms with Gasteiger partial charge < -0.3 is 4.74 Å². The van der Waals surface area contributed by atoms with Crippen molar-refractivity contribution in [2.24, 2.45) is 0 Å². The Morgan fingerprint density at radius 3 is 2.52 bits per heavy atom. The molecule has 0 aromatic heterocycles. The van der Waals surface area contributed by atoms with Crippen LogP contribution in [0, 0.1) is 5.82 Å². The first-order valence-corrected chi connectivity index (χ1v) is 9.78. The Hall–Kier alpha value is -2.61. The second-order valence-electron chi connectivity index (χ2n) is 6.92. The number of unbranched alkanes of at least 4 members (excludes halogenated alkanes) is 3. The van der Waals surface area contributed by atoms with Gasteiger partial charge in [-0.1, -0.05) is 81.3 Å². The lowest BCUT2D eigenvalue weighted by Crippen LogP contribution is -1.93. The van der Waals surface area contributed by atoms with E-state index in [1.165, 1.54) is 31.2 Å². The lowest BCUT2D eigenvalue weighted by molar-refractivity contribution is 0.363. The Morgan fingerprint density at radius 1 is 0.963 bits per heavy atom. The Morgan fingerprint density at radius 2 is 1.78 bits per heavy atom. The van der Waals surface area contributed by atoms with Crippen LogP contribution >= 0.6 is 0 Å². The third-order valence-electron chi connectivity index (χ3n) is 4.87. The van der Waals surface area contributed by atoms with Gasteiger partial charge in [0, 0.05) is 10.9 Å². The van der Waals surface area contributed by atoms with Gasteiger partial charge in [0.2, 0.25) is 0 Å². The second kappa shape index (κ2) is 9.36. The van der Waals surface area contributed by atoms with Crippen LogP contribution in [0.3, 0.4) is 0 Å². The largest absolute Gasteiger partial charge is 0.490 e. The summed E-state index contributed by atoms with van der Waals surface area (Å²) < 4.78 is 20.6. The Labute approximate surface area is 161 Å². The van der Waals surface area contributed by atoms with E-state index >= 15 is 4.39 Å². The Kier molecular flexibility index (Phi) is 6.64. The Bertz CT molecular complexity index is 896. The normalized spacial score (nSPS) is 10.9. The van der Waals surface area contributed by atoms with Crippen LogP contribution in [0.4, 0.5) is 4.39 Å². The van der Waals surface area contributed by atoms with E-state index < -0.39 is 0 Å². The number of rotatable bonds is 9. The molecule has 0 radical (unpaired) electrons. The van der Waals surface area contributed by atoms with E-state index in [4.69, 9.17) is 4.74 Å². The summed E-state index contributed by atoms with van der Waals surface area (Å²) in [6, 6.07) is 17.5. The maximum atomic E-state index is 15.1. The van der Waals surface area contributed by atoms with Crippen molar-refractivity contribution in [3.05, 3.63) is 78.6 Å². The van der Waals surface area contributed by atoms with Crippen LogP contribution in [-0.4, -0.2) is 6.61 Å². The topological polar surface area (TPSA) is 9.23 Å². The average molecular weight is 362 g/mol. The fourth-order valence-corrected chi connectivity index (χ4v) is 3.36. The molecule has 0 N–H and O–H groups in total. The third-order valence-corrected chi connectivity index (χ3v) is 4.87. The van der Waals surface area contributed by atoms with Gasteiger partial charge in [0.05, 0.1) is 0 Å². The lowest BCUT2D eigenvalue weighted by Gasteiger charge is -2.10. The second-order valence-corrected chi connectivity index (χ2v) is 6.92. The van der Waals surface area contributed by atoms with Gasteiger partial charge >= 0.3 is 0 Å². The quantitative estimate of drug-likeness (QED) is 0.286. The number of halogens is 1. The van der Waals surface area contributed by atoms with E-state index in [9.17, 15) is 0 Å². The van der Waals surface area contributed by atoms with Crippen LogP contribution < -0.4 is 4.74 Å². The molecule has 2 heteroatoms. The van der Waals surface area contributed by atoms with Gasteiger partial charge in [-0.25, -0.2) is 4.39 Å². The summed E-state index contributed by atoms with van der Waals surface area (Å²) in [5, 5.41) is 1.65. The van der Waals surface area contributed by atoms with Crippen LogP contribution in [0.25, 0.3) is 21.9 Å². The predicted octanol–water partition coefficient (Wildman–Crippen LogP) is 7.33. The van der Waals surface area contributed by atoms with E-state index in [1.807, 2.05) is 42.5 Å². The van der Waals surface area contributed by atoms with Crippen molar-refractivity contribution < 1.29 is 9.13 Å². The van der Waals surface area contributed by atoms with Gasteiger partial charge in [-0.05, 0) is 41.5 Å². The summed E-state index contributed by atoms with van der Waals surface area (Å²) in [5.74, 6) is 0.595. The number of ether oxygens (including phenoxy) is 1. The molecule has 3 rings (SSSR count). The molecule has 0 spiro atoms. The summed E-state index contributed by atoms with van der Waals surface area (Å²) in [5.41, 5.74) is 2.76. The highest BCUT2D eigenvalue weighted by atomic mass is 19.1. The highest BCUT2D eigenvalue weighted by Gasteiger charge is 2.10. The molecule has 0 amide bonds. The summed E-state index contributed by atoms with van der Waals surface area (Å²) in [4.78, 5) is 0. The van der Waals surface area contributed by atoms with Crippen LogP contribution in [-0.2, 0) is 6.42 Å². The van der Waals surface area contributed by atoms with Crippen LogP contribution in [0.15, 0.2) is 67.3 Å². The molecule has 0 saturated heterocycles. The first-order valence-electron chi connectivity index (χ1n) is 9.78. The molecule has 3 aromatic carbocycles. The summed E-state index contributed by atoms with van der Waals surface area (Å²) in [6.45, 7) is 6.32. The number of fused-ring (bicyclic) bond motifs is 1. The molecule has 0 fully saturated rings. The van der Waals surface area contributed by atoms with Crippen molar-refractivity contribution in [2.75, 3.05) is 6.61 Å². The van der Waals surface area contributed by atoms with Crippen molar-refractivity contribution >= 4 is 10.8 Å². The van der Waals surface area contributed by atoms with E-state index in [0.717, 1.165) is 23.1 Å². The van der Waals surface area contributed by atoms with Crippen LogP contribution in [0.5, 0.6) is 5.75 Å². The lowest BCUT2D eigenvalue weighted by atomic mass is 9.97. The van der Waals surface area contributed by atoms with E-state index in [2.05, 4.69) is 25.6 Å². The van der Waals surface area contributed by atoms with Crippen molar-refractivity contribution in [3.8, 4) is 16.9 Å². The molecule has 27 heavy (non-hydrogen) atoms. The van der Waals surface area contributed by atoms with Crippen molar-refractivity contribution in [1.82, 2.24) is 0 Å². The number of hydrogen-bond donors (Lipinski definition) is 0.